The van der Waals surface area contributed by atoms with Gasteiger partial charge in [0.1, 0.15) is 0 Å². The third-order valence-corrected chi connectivity index (χ3v) is 5.57. The molecule has 0 unspecified atom stereocenters. The standard InChI is InChI=1S/C26H32N2O3/c1-8-31-26(30)24-20(7)27(15-16(2)3)25(29)23(24)14-21-13-18(5)28(19(21)6)22-11-9-10-17(4)12-22/h9-14,16H,8,15H2,1-7H3/b23-14-. The summed E-state index contributed by atoms with van der Waals surface area (Å²) in [4.78, 5) is 27.7. The number of aromatic nitrogens is 1. The Hall–Kier alpha value is -3.08. The molecule has 0 radical (unpaired) electrons. The Kier molecular flexibility index (Phi) is 6.54. The van der Waals surface area contributed by atoms with E-state index < -0.39 is 5.97 Å². The number of nitrogens with zero attached hydrogens (tertiary/aromatic N) is 2. The first-order valence-corrected chi connectivity index (χ1v) is 10.8. The molecular weight excluding hydrogens is 388 g/mol. The van der Waals surface area contributed by atoms with E-state index >= 15 is 0 Å². The molecule has 1 amide bonds. The lowest BCUT2D eigenvalue weighted by Gasteiger charge is -2.19. The van der Waals surface area contributed by atoms with E-state index in [0.29, 0.717) is 23.4 Å². The minimum atomic E-state index is -0.446. The summed E-state index contributed by atoms with van der Waals surface area (Å²) >= 11 is 0. The summed E-state index contributed by atoms with van der Waals surface area (Å²) in [7, 11) is 0. The van der Waals surface area contributed by atoms with Gasteiger partial charge in [-0.15, -0.1) is 0 Å². The Morgan fingerprint density at radius 1 is 1.13 bits per heavy atom. The molecule has 5 heteroatoms. The molecule has 0 N–H and O–H groups in total. The van der Waals surface area contributed by atoms with E-state index in [1.54, 1.807) is 11.8 Å². The van der Waals surface area contributed by atoms with E-state index in [4.69, 9.17) is 4.74 Å². The van der Waals surface area contributed by atoms with Gasteiger partial charge in [-0.05, 0) is 75.9 Å². The van der Waals surface area contributed by atoms with E-state index in [0.717, 1.165) is 22.6 Å². The van der Waals surface area contributed by atoms with Crippen LogP contribution in [0.4, 0.5) is 0 Å². The highest BCUT2D eigenvalue weighted by atomic mass is 16.5. The number of esters is 1. The summed E-state index contributed by atoms with van der Waals surface area (Å²) in [6.07, 6.45) is 1.84. The molecule has 2 aromatic rings. The molecule has 0 fully saturated rings. The van der Waals surface area contributed by atoms with Crippen molar-refractivity contribution in [2.45, 2.75) is 48.5 Å². The van der Waals surface area contributed by atoms with Crippen LogP contribution in [0.1, 0.15) is 50.2 Å². The second-order valence-electron chi connectivity index (χ2n) is 8.55. The van der Waals surface area contributed by atoms with Crippen molar-refractivity contribution in [1.82, 2.24) is 9.47 Å². The van der Waals surface area contributed by atoms with Crippen LogP contribution in [0, 0.1) is 26.7 Å². The summed E-state index contributed by atoms with van der Waals surface area (Å²) in [5.74, 6) is -0.305. The molecule has 3 rings (SSSR count). The van der Waals surface area contributed by atoms with Gasteiger partial charge in [0.25, 0.3) is 5.91 Å². The molecule has 0 bridgehead atoms. The molecule has 5 nitrogen and oxygen atoms in total. The maximum absolute atomic E-state index is 13.3. The zero-order chi connectivity index (χ0) is 22.9. The van der Waals surface area contributed by atoms with E-state index in [9.17, 15) is 9.59 Å². The van der Waals surface area contributed by atoms with Crippen molar-refractivity contribution in [3.63, 3.8) is 0 Å². The average molecular weight is 421 g/mol. The first-order chi connectivity index (χ1) is 14.6. The van der Waals surface area contributed by atoms with Crippen molar-refractivity contribution in [2.24, 2.45) is 5.92 Å². The number of ether oxygens (including phenoxy) is 1. The van der Waals surface area contributed by atoms with E-state index in [2.05, 4.69) is 49.6 Å². The largest absolute Gasteiger partial charge is 0.462 e. The molecule has 1 aromatic heterocycles. The highest BCUT2D eigenvalue weighted by Crippen LogP contribution is 2.33. The number of hydrogen-bond acceptors (Lipinski definition) is 3. The molecule has 31 heavy (non-hydrogen) atoms. The van der Waals surface area contributed by atoms with Crippen LogP contribution in [0.25, 0.3) is 11.8 Å². The second kappa shape index (κ2) is 8.96. The molecule has 0 atom stereocenters. The van der Waals surface area contributed by atoms with Crippen molar-refractivity contribution in [3.05, 3.63) is 69.7 Å². The highest BCUT2D eigenvalue weighted by Gasteiger charge is 2.37. The predicted molar refractivity (Wildman–Crippen MR) is 124 cm³/mol. The van der Waals surface area contributed by atoms with Gasteiger partial charge < -0.3 is 14.2 Å². The first kappa shape index (κ1) is 22.6. The number of amides is 1. The van der Waals surface area contributed by atoms with Crippen molar-refractivity contribution in [2.75, 3.05) is 13.2 Å². The molecule has 2 heterocycles. The number of allylic oxidation sites excluding steroid dienone is 1. The maximum Gasteiger partial charge on any atom is 0.340 e. The lowest BCUT2D eigenvalue weighted by Crippen LogP contribution is -2.28. The number of carbonyl (C=O) groups excluding carboxylic acids is 2. The lowest BCUT2D eigenvalue weighted by atomic mass is 10.0. The molecular formula is C26H32N2O3. The fourth-order valence-corrected chi connectivity index (χ4v) is 4.17. The summed E-state index contributed by atoms with van der Waals surface area (Å²) < 4.78 is 7.46. The fraction of sp³-hybridized carbons (Fsp3) is 0.385. The van der Waals surface area contributed by atoms with Crippen molar-refractivity contribution in [3.8, 4) is 5.69 Å². The Bertz CT molecular complexity index is 1090. The normalized spacial score (nSPS) is 15.5. The molecule has 164 valence electrons. The highest BCUT2D eigenvalue weighted by molar-refractivity contribution is 6.16. The minimum absolute atomic E-state index is 0.144. The van der Waals surface area contributed by atoms with Crippen molar-refractivity contribution >= 4 is 18.0 Å². The average Bonchev–Trinajstić information content (AvgIpc) is 3.09. The predicted octanol–water partition coefficient (Wildman–Crippen LogP) is 5.12. The molecule has 1 aliphatic heterocycles. The zero-order valence-electron chi connectivity index (χ0n) is 19.6. The maximum atomic E-state index is 13.3. The molecule has 0 spiro atoms. The Morgan fingerprint density at radius 2 is 1.84 bits per heavy atom. The summed E-state index contributed by atoms with van der Waals surface area (Å²) in [6.45, 7) is 14.7. The van der Waals surface area contributed by atoms with Gasteiger partial charge >= 0.3 is 5.97 Å². The SMILES string of the molecule is CCOC(=O)C1=C(C)N(CC(C)C)C(=O)/C1=C\c1cc(C)n(-c2cccc(C)c2)c1C. The third-order valence-electron chi connectivity index (χ3n) is 5.57. The van der Waals surface area contributed by atoms with Gasteiger partial charge in [0.15, 0.2) is 0 Å². The van der Waals surface area contributed by atoms with Crippen molar-refractivity contribution in [1.29, 1.82) is 0 Å². The molecule has 1 aliphatic rings. The van der Waals surface area contributed by atoms with Crippen LogP contribution in [-0.4, -0.2) is 34.5 Å². The van der Waals surface area contributed by atoms with Gasteiger partial charge in [-0.2, -0.15) is 0 Å². The molecule has 0 saturated carbocycles. The number of benzene rings is 1. The fourth-order valence-electron chi connectivity index (χ4n) is 4.17. The van der Waals surface area contributed by atoms with E-state index in [1.165, 1.54) is 5.56 Å². The van der Waals surface area contributed by atoms with Crippen LogP contribution in [0.2, 0.25) is 0 Å². The van der Waals surface area contributed by atoms with E-state index in [1.807, 2.05) is 32.9 Å². The Balaban J connectivity index is 2.12. The molecule has 0 saturated heterocycles. The van der Waals surface area contributed by atoms with Crippen LogP contribution < -0.4 is 0 Å². The quantitative estimate of drug-likeness (QED) is 0.481. The minimum Gasteiger partial charge on any atom is -0.462 e. The number of carbonyl (C=O) groups is 2. The van der Waals surface area contributed by atoms with Crippen LogP contribution in [0.3, 0.4) is 0 Å². The van der Waals surface area contributed by atoms with Gasteiger partial charge in [0.2, 0.25) is 0 Å². The summed E-state index contributed by atoms with van der Waals surface area (Å²) in [5, 5.41) is 0. The third kappa shape index (κ3) is 4.36. The van der Waals surface area contributed by atoms with E-state index in [-0.39, 0.29) is 18.4 Å². The monoisotopic (exact) mass is 420 g/mol. The first-order valence-electron chi connectivity index (χ1n) is 10.8. The van der Waals surface area contributed by atoms with Gasteiger partial charge in [0, 0.05) is 29.3 Å². The molecule has 1 aromatic carbocycles. The van der Waals surface area contributed by atoms with Gasteiger partial charge in [-0.3, -0.25) is 4.79 Å². The van der Waals surface area contributed by atoms with Crippen LogP contribution in [-0.2, 0) is 14.3 Å². The Morgan fingerprint density at radius 3 is 2.45 bits per heavy atom. The second-order valence-corrected chi connectivity index (χ2v) is 8.55. The molecule has 0 aliphatic carbocycles. The van der Waals surface area contributed by atoms with Crippen LogP contribution in [0.5, 0.6) is 0 Å². The zero-order valence-corrected chi connectivity index (χ0v) is 19.6. The lowest BCUT2D eigenvalue weighted by molar-refractivity contribution is -0.138. The van der Waals surface area contributed by atoms with Crippen molar-refractivity contribution < 1.29 is 14.3 Å². The number of rotatable bonds is 6. The smallest absolute Gasteiger partial charge is 0.340 e. The summed E-state index contributed by atoms with van der Waals surface area (Å²) in [6, 6.07) is 10.4. The number of aryl methyl sites for hydroxylation is 2. The Labute approximate surface area is 185 Å². The van der Waals surface area contributed by atoms with Gasteiger partial charge in [0.05, 0.1) is 17.8 Å². The van der Waals surface area contributed by atoms with Gasteiger partial charge in [-0.25, -0.2) is 4.79 Å². The summed E-state index contributed by atoms with van der Waals surface area (Å²) in [5.41, 5.74) is 6.71. The number of hydrogen-bond donors (Lipinski definition) is 0. The van der Waals surface area contributed by atoms with Gasteiger partial charge in [-0.1, -0.05) is 26.0 Å². The van der Waals surface area contributed by atoms with Crippen LogP contribution in [0.15, 0.2) is 47.2 Å². The van der Waals surface area contributed by atoms with Crippen LogP contribution >= 0.6 is 0 Å². The topological polar surface area (TPSA) is 51.5 Å².